The van der Waals surface area contributed by atoms with Crippen LogP contribution < -0.4 is 0 Å². The molecular weight excluding hydrogens is 136 g/mol. The summed E-state index contributed by atoms with van der Waals surface area (Å²) >= 11 is 0. The van der Waals surface area contributed by atoms with Crippen LogP contribution >= 0.6 is 0 Å². The first-order valence-electron chi connectivity index (χ1n) is 4.20. The second-order valence-electron chi connectivity index (χ2n) is 3.39. The van der Waals surface area contributed by atoms with Crippen LogP contribution in [0.4, 0.5) is 0 Å². The topological polar surface area (TPSA) is 20.2 Å². The normalized spacial score (nSPS) is 32.5. The van der Waals surface area contributed by atoms with Crippen molar-refractivity contribution in [3.05, 3.63) is 23.8 Å². The molecular formula is C10H16O. The molecule has 62 valence electrons. The molecule has 0 heterocycles. The Bertz CT molecular complexity index is 179. The van der Waals surface area contributed by atoms with Crippen molar-refractivity contribution >= 4 is 0 Å². The zero-order valence-electron chi connectivity index (χ0n) is 7.25. The summed E-state index contributed by atoms with van der Waals surface area (Å²) in [6.07, 6.45) is 7.88. The highest BCUT2D eigenvalue weighted by Gasteiger charge is 2.06. The van der Waals surface area contributed by atoms with E-state index in [2.05, 4.69) is 32.1 Å². The number of hydrogen-bond donors (Lipinski definition) is 1. The fraction of sp³-hybridized carbons (Fsp3) is 0.600. The fourth-order valence-electron chi connectivity index (χ4n) is 1.48. The fourth-order valence-corrected chi connectivity index (χ4v) is 1.48. The molecule has 1 nitrogen and oxygen atoms in total. The minimum Gasteiger partial charge on any atom is -0.392 e. The lowest BCUT2D eigenvalue weighted by Gasteiger charge is -2.12. The summed E-state index contributed by atoms with van der Waals surface area (Å²) in [7, 11) is 0. The predicted molar refractivity (Wildman–Crippen MR) is 47.3 cm³/mol. The molecule has 2 atom stereocenters. The summed E-state index contributed by atoms with van der Waals surface area (Å²) in [4.78, 5) is 0. The van der Waals surface area contributed by atoms with Gasteiger partial charge in [0.1, 0.15) is 0 Å². The lowest BCUT2D eigenvalue weighted by atomic mass is 9.98. The molecule has 0 spiro atoms. The standard InChI is InChI=1S/C10H16O/c1-8-4-3-5-10(11)7-9(2)6-8/h3-4,6,8,10-11H,5,7H2,1-2H3. The maximum absolute atomic E-state index is 9.38. The molecule has 0 aliphatic heterocycles. The average molecular weight is 152 g/mol. The Morgan fingerprint density at radius 2 is 2.27 bits per heavy atom. The van der Waals surface area contributed by atoms with Gasteiger partial charge in [-0.15, -0.1) is 0 Å². The first-order chi connectivity index (χ1) is 5.18. The van der Waals surface area contributed by atoms with E-state index in [1.807, 2.05) is 0 Å². The zero-order chi connectivity index (χ0) is 8.27. The van der Waals surface area contributed by atoms with E-state index in [-0.39, 0.29) is 6.10 Å². The van der Waals surface area contributed by atoms with Crippen LogP contribution in [0.2, 0.25) is 0 Å². The number of aliphatic hydroxyl groups excluding tert-OH is 1. The van der Waals surface area contributed by atoms with Gasteiger partial charge >= 0.3 is 0 Å². The summed E-state index contributed by atoms with van der Waals surface area (Å²) in [5.74, 6) is 0.530. The molecule has 1 aliphatic rings. The van der Waals surface area contributed by atoms with Crippen LogP contribution in [0.25, 0.3) is 0 Å². The molecule has 11 heavy (non-hydrogen) atoms. The molecule has 1 aliphatic carbocycles. The molecule has 2 unspecified atom stereocenters. The predicted octanol–water partition coefficient (Wildman–Crippen LogP) is 2.28. The number of hydrogen-bond acceptors (Lipinski definition) is 1. The van der Waals surface area contributed by atoms with Crippen molar-refractivity contribution < 1.29 is 5.11 Å². The van der Waals surface area contributed by atoms with Gasteiger partial charge in [0.2, 0.25) is 0 Å². The highest BCUT2D eigenvalue weighted by molar-refractivity contribution is 5.10. The van der Waals surface area contributed by atoms with Gasteiger partial charge in [0.15, 0.2) is 0 Å². The van der Waals surface area contributed by atoms with Gasteiger partial charge in [0.25, 0.3) is 0 Å². The van der Waals surface area contributed by atoms with Gasteiger partial charge < -0.3 is 5.11 Å². The van der Waals surface area contributed by atoms with E-state index in [9.17, 15) is 5.11 Å². The highest BCUT2D eigenvalue weighted by atomic mass is 16.3. The quantitative estimate of drug-likeness (QED) is 0.528. The lowest BCUT2D eigenvalue weighted by Crippen LogP contribution is -2.07. The summed E-state index contributed by atoms with van der Waals surface area (Å²) in [5, 5.41) is 9.38. The van der Waals surface area contributed by atoms with Crippen molar-refractivity contribution in [3.63, 3.8) is 0 Å². The van der Waals surface area contributed by atoms with Crippen molar-refractivity contribution in [3.8, 4) is 0 Å². The molecule has 1 heteroatoms. The smallest absolute Gasteiger partial charge is 0.0611 e. The van der Waals surface area contributed by atoms with Crippen molar-refractivity contribution in [1.29, 1.82) is 0 Å². The van der Waals surface area contributed by atoms with Crippen molar-refractivity contribution in [2.45, 2.75) is 32.8 Å². The van der Waals surface area contributed by atoms with Gasteiger partial charge in [-0.05, 0) is 25.7 Å². The van der Waals surface area contributed by atoms with Crippen molar-refractivity contribution in [2.75, 3.05) is 0 Å². The maximum Gasteiger partial charge on any atom is 0.0611 e. The Hall–Kier alpha value is -0.560. The van der Waals surface area contributed by atoms with E-state index in [1.165, 1.54) is 5.57 Å². The van der Waals surface area contributed by atoms with E-state index in [4.69, 9.17) is 0 Å². The summed E-state index contributed by atoms with van der Waals surface area (Å²) in [6.45, 7) is 4.25. The van der Waals surface area contributed by atoms with Gasteiger partial charge in [-0.1, -0.05) is 30.7 Å². The van der Waals surface area contributed by atoms with E-state index in [0.29, 0.717) is 5.92 Å². The van der Waals surface area contributed by atoms with E-state index in [0.717, 1.165) is 12.8 Å². The third kappa shape index (κ3) is 2.89. The van der Waals surface area contributed by atoms with Crippen LogP contribution in [0.5, 0.6) is 0 Å². The molecule has 0 saturated heterocycles. The van der Waals surface area contributed by atoms with Gasteiger partial charge in [-0.25, -0.2) is 0 Å². The van der Waals surface area contributed by atoms with Gasteiger partial charge in [0, 0.05) is 0 Å². The number of rotatable bonds is 0. The van der Waals surface area contributed by atoms with Crippen molar-refractivity contribution in [1.82, 2.24) is 0 Å². The molecule has 0 bridgehead atoms. The first-order valence-corrected chi connectivity index (χ1v) is 4.20. The zero-order valence-corrected chi connectivity index (χ0v) is 7.25. The maximum atomic E-state index is 9.38. The van der Waals surface area contributed by atoms with Crippen LogP contribution in [-0.2, 0) is 0 Å². The van der Waals surface area contributed by atoms with Crippen molar-refractivity contribution in [2.24, 2.45) is 5.92 Å². The lowest BCUT2D eigenvalue weighted by molar-refractivity contribution is 0.177. The molecule has 0 aromatic carbocycles. The summed E-state index contributed by atoms with van der Waals surface area (Å²) in [5.41, 5.74) is 1.30. The van der Waals surface area contributed by atoms with Gasteiger partial charge in [-0.2, -0.15) is 0 Å². The van der Waals surface area contributed by atoms with E-state index in [1.54, 1.807) is 0 Å². The van der Waals surface area contributed by atoms with Crippen LogP contribution in [0.1, 0.15) is 26.7 Å². The van der Waals surface area contributed by atoms with Crippen LogP contribution in [-0.4, -0.2) is 11.2 Å². The van der Waals surface area contributed by atoms with Crippen LogP contribution in [0.15, 0.2) is 23.8 Å². The minimum atomic E-state index is -0.171. The summed E-state index contributed by atoms with van der Waals surface area (Å²) in [6, 6.07) is 0. The molecule has 0 aromatic heterocycles. The Morgan fingerprint density at radius 3 is 3.00 bits per heavy atom. The summed E-state index contributed by atoms with van der Waals surface area (Å²) < 4.78 is 0. The van der Waals surface area contributed by atoms with Crippen LogP contribution in [0.3, 0.4) is 0 Å². The molecule has 1 N–H and O–H groups in total. The number of allylic oxidation sites excluding steroid dienone is 2. The molecule has 0 amide bonds. The Balaban J connectivity index is 2.65. The molecule has 0 fully saturated rings. The minimum absolute atomic E-state index is 0.171. The van der Waals surface area contributed by atoms with E-state index < -0.39 is 0 Å². The second-order valence-corrected chi connectivity index (χ2v) is 3.39. The first kappa shape index (κ1) is 8.54. The Kier molecular flexibility index (Phi) is 2.89. The van der Waals surface area contributed by atoms with Gasteiger partial charge in [-0.3, -0.25) is 0 Å². The van der Waals surface area contributed by atoms with Gasteiger partial charge in [0.05, 0.1) is 6.10 Å². The third-order valence-electron chi connectivity index (χ3n) is 1.95. The third-order valence-corrected chi connectivity index (χ3v) is 1.95. The molecule has 0 radical (unpaired) electrons. The number of aliphatic hydroxyl groups is 1. The Labute approximate surface area is 68.4 Å². The van der Waals surface area contributed by atoms with Crippen LogP contribution in [0, 0.1) is 5.92 Å². The molecule has 1 rings (SSSR count). The molecule has 0 saturated carbocycles. The Morgan fingerprint density at radius 1 is 1.55 bits per heavy atom. The highest BCUT2D eigenvalue weighted by Crippen LogP contribution is 2.15. The van der Waals surface area contributed by atoms with E-state index >= 15 is 0 Å². The average Bonchev–Trinajstić information content (AvgIpc) is 1.83. The monoisotopic (exact) mass is 152 g/mol. The largest absolute Gasteiger partial charge is 0.392 e. The molecule has 0 aromatic rings. The SMILES string of the molecule is CC1=CC(C)C=CCC(O)C1. The second kappa shape index (κ2) is 3.72.